The lowest BCUT2D eigenvalue weighted by atomic mass is 9.82. The monoisotopic (exact) mass is 656 g/mol. The summed E-state index contributed by atoms with van der Waals surface area (Å²) in [7, 11) is 0. The third-order valence-electron chi connectivity index (χ3n) is 11.2. The molecule has 0 heteroatoms. The third-order valence-corrected chi connectivity index (χ3v) is 11.2. The molecule has 0 amide bonds. The second-order valence-corrected chi connectivity index (χ2v) is 13.9. The van der Waals surface area contributed by atoms with E-state index in [1.807, 2.05) is 0 Å². The molecule has 0 aliphatic heterocycles. The lowest BCUT2D eigenvalue weighted by molar-refractivity contribution is 1.61. The minimum Gasteiger partial charge on any atom is -0.0622 e. The van der Waals surface area contributed by atoms with Gasteiger partial charge in [0, 0.05) is 0 Å². The predicted octanol–water partition coefficient (Wildman–Crippen LogP) is 14.8. The minimum absolute atomic E-state index is 1.23. The van der Waals surface area contributed by atoms with Gasteiger partial charge in [0.05, 0.1) is 0 Å². The van der Waals surface area contributed by atoms with Crippen molar-refractivity contribution in [3.05, 3.63) is 194 Å². The largest absolute Gasteiger partial charge is 0.0622 e. The van der Waals surface area contributed by atoms with Crippen molar-refractivity contribution in [1.29, 1.82) is 0 Å². The van der Waals surface area contributed by atoms with Gasteiger partial charge < -0.3 is 0 Å². The molecule has 0 nitrogen and oxygen atoms in total. The van der Waals surface area contributed by atoms with Crippen LogP contribution in [0.5, 0.6) is 0 Å². The fourth-order valence-corrected chi connectivity index (χ4v) is 9.08. The van der Waals surface area contributed by atoms with E-state index >= 15 is 0 Å². The standard InChI is InChI=1S/C52H32/c1-2-16-33(17-3-1)35-18-4-8-22-40(35)50-46-28-14-12-26-44(46)49(45-27-13-15-29-47(45)50)34-30-31-39-38-21-7-10-24-42(38)51-41-23-9-5-19-36(41)37-20-6-11-25-43(37)52(51)48(39)32-34/h1-32H. The fraction of sp³-hybridized carbons (Fsp3) is 0. The Morgan fingerprint density at radius 1 is 0.192 bits per heavy atom. The average molecular weight is 657 g/mol. The highest BCUT2D eigenvalue weighted by molar-refractivity contribution is 6.39. The van der Waals surface area contributed by atoms with E-state index in [1.165, 1.54) is 109 Å². The first-order valence-electron chi connectivity index (χ1n) is 18.1. The zero-order chi connectivity index (χ0) is 34.2. The maximum absolute atomic E-state index is 2.48. The van der Waals surface area contributed by atoms with Crippen molar-refractivity contribution in [3.8, 4) is 33.4 Å². The number of hydrogen-bond acceptors (Lipinski definition) is 0. The van der Waals surface area contributed by atoms with Gasteiger partial charge in [0.2, 0.25) is 0 Å². The molecule has 0 aliphatic carbocycles. The molecule has 0 fully saturated rings. The lowest BCUT2D eigenvalue weighted by Gasteiger charge is -2.20. The van der Waals surface area contributed by atoms with Crippen LogP contribution in [0.3, 0.4) is 0 Å². The zero-order valence-corrected chi connectivity index (χ0v) is 28.5. The average Bonchev–Trinajstić information content (AvgIpc) is 3.22. The maximum Gasteiger partial charge on any atom is -0.00137 e. The smallest absolute Gasteiger partial charge is 0.00137 e. The zero-order valence-electron chi connectivity index (χ0n) is 28.5. The van der Waals surface area contributed by atoms with Crippen molar-refractivity contribution in [2.75, 3.05) is 0 Å². The van der Waals surface area contributed by atoms with Crippen LogP contribution >= 0.6 is 0 Å². The van der Waals surface area contributed by atoms with Crippen molar-refractivity contribution in [2.24, 2.45) is 0 Å². The van der Waals surface area contributed by atoms with E-state index in [0.717, 1.165) is 0 Å². The van der Waals surface area contributed by atoms with Crippen molar-refractivity contribution in [3.63, 3.8) is 0 Å². The molecule has 0 spiro atoms. The van der Waals surface area contributed by atoms with Crippen molar-refractivity contribution >= 4 is 75.4 Å². The van der Waals surface area contributed by atoms with Crippen LogP contribution < -0.4 is 0 Å². The molecule has 11 aromatic carbocycles. The Kier molecular flexibility index (Phi) is 6.35. The van der Waals surface area contributed by atoms with Gasteiger partial charge in [-0.1, -0.05) is 188 Å². The molecule has 0 heterocycles. The molecule has 0 aliphatic rings. The van der Waals surface area contributed by atoms with Crippen molar-refractivity contribution < 1.29 is 0 Å². The van der Waals surface area contributed by atoms with Gasteiger partial charge in [0.25, 0.3) is 0 Å². The maximum atomic E-state index is 2.48. The summed E-state index contributed by atoms with van der Waals surface area (Å²) in [6.07, 6.45) is 0. The van der Waals surface area contributed by atoms with E-state index in [2.05, 4.69) is 194 Å². The van der Waals surface area contributed by atoms with E-state index in [4.69, 9.17) is 0 Å². The Balaban J connectivity index is 1.29. The van der Waals surface area contributed by atoms with E-state index in [9.17, 15) is 0 Å². The molecule has 0 saturated heterocycles. The van der Waals surface area contributed by atoms with Crippen LogP contribution in [0.25, 0.3) is 109 Å². The Labute approximate surface area is 301 Å². The Morgan fingerprint density at radius 3 is 1.08 bits per heavy atom. The van der Waals surface area contributed by atoms with Gasteiger partial charge in [-0.05, 0) is 115 Å². The predicted molar refractivity (Wildman–Crippen MR) is 225 cm³/mol. The molecule has 0 bridgehead atoms. The molecule has 240 valence electrons. The molecule has 0 aromatic heterocycles. The van der Waals surface area contributed by atoms with Gasteiger partial charge in [-0.15, -0.1) is 0 Å². The molecule has 52 heavy (non-hydrogen) atoms. The molecular weight excluding hydrogens is 625 g/mol. The first kappa shape index (κ1) is 29.0. The summed E-state index contributed by atoms with van der Waals surface area (Å²) in [4.78, 5) is 0. The van der Waals surface area contributed by atoms with Gasteiger partial charge >= 0.3 is 0 Å². The SMILES string of the molecule is c1ccc(-c2ccccc2-c2c3ccccc3c(-c3ccc4c5ccccc5c5c6ccccc6c6ccccc6c5c4c3)c3ccccc23)cc1. The number of rotatable bonds is 3. The van der Waals surface area contributed by atoms with Crippen molar-refractivity contribution in [2.45, 2.75) is 0 Å². The van der Waals surface area contributed by atoms with Gasteiger partial charge in [0.15, 0.2) is 0 Å². The summed E-state index contributed by atoms with van der Waals surface area (Å²) in [6, 6.07) is 71.7. The summed E-state index contributed by atoms with van der Waals surface area (Å²) in [5, 5.41) is 18.1. The molecular formula is C52H32. The van der Waals surface area contributed by atoms with Crippen LogP contribution in [-0.2, 0) is 0 Å². The highest BCUT2D eigenvalue weighted by Crippen LogP contribution is 2.48. The highest BCUT2D eigenvalue weighted by atomic mass is 14.2. The molecule has 0 unspecified atom stereocenters. The molecule has 0 N–H and O–H groups in total. The minimum atomic E-state index is 1.23. The lowest BCUT2D eigenvalue weighted by Crippen LogP contribution is -1.93. The van der Waals surface area contributed by atoms with Gasteiger partial charge in [-0.25, -0.2) is 0 Å². The van der Waals surface area contributed by atoms with Crippen LogP contribution in [-0.4, -0.2) is 0 Å². The molecule has 11 rings (SSSR count). The summed E-state index contributed by atoms with van der Waals surface area (Å²) in [6.45, 7) is 0. The summed E-state index contributed by atoms with van der Waals surface area (Å²) < 4.78 is 0. The van der Waals surface area contributed by atoms with Gasteiger partial charge in [0.1, 0.15) is 0 Å². The number of fused-ring (bicyclic) bond motifs is 13. The van der Waals surface area contributed by atoms with Crippen LogP contribution in [0.1, 0.15) is 0 Å². The van der Waals surface area contributed by atoms with Crippen LogP contribution in [0.4, 0.5) is 0 Å². The van der Waals surface area contributed by atoms with E-state index < -0.39 is 0 Å². The summed E-state index contributed by atoms with van der Waals surface area (Å²) >= 11 is 0. The first-order chi connectivity index (χ1) is 25.8. The molecule has 0 saturated carbocycles. The van der Waals surface area contributed by atoms with Crippen LogP contribution in [0.2, 0.25) is 0 Å². The Morgan fingerprint density at radius 2 is 0.558 bits per heavy atom. The summed E-state index contributed by atoms with van der Waals surface area (Å²) in [5.41, 5.74) is 7.51. The van der Waals surface area contributed by atoms with Crippen molar-refractivity contribution in [1.82, 2.24) is 0 Å². The Hall–Kier alpha value is -6.76. The van der Waals surface area contributed by atoms with E-state index in [-0.39, 0.29) is 0 Å². The Bertz CT molecular complexity index is 3150. The van der Waals surface area contributed by atoms with Gasteiger partial charge in [-0.3, -0.25) is 0 Å². The number of hydrogen-bond donors (Lipinski definition) is 0. The number of benzene rings is 11. The first-order valence-corrected chi connectivity index (χ1v) is 18.1. The van der Waals surface area contributed by atoms with E-state index in [1.54, 1.807) is 0 Å². The molecule has 11 aromatic rings. The topological polar surface area (TPSA) is 0 Å². The van der Waals surface area contributed by atoms with Crippen LogP contribution in [0, 0.1) is 0 Å². The van der Waals surface area contributed by atoms with Crippen LogP contribution in [0.15, 0.2) is 194 Å². The highest BCUT2D eigenvalue weighted by Gasteiger charge is 2.21. The van der Waals surface area contributed by atoms with E-state index in [0.29, 0.717) is 0 Å². The molecule has 0 atom stereocenters. The van der Waals surface area contributed by atoms with Gasteiger partial charge in [-0.2, -0.15) is 0 Å². The quantitative estimate of drug-likeness (QED) is 0.131. The second kappa shape index (κ2) is 11.4. The third kappa shape index (κ3) is 4.16. The molecule has 0 radical (unpaired) electrons. The normalized spacial score (nSPS) is 11.8. The summed E-state index contributed by atoms with van der Waals surface area (Å²) in [5.74, 6) is 0. The second-order valence-electron chi connectivity index (χ2n) is 13.9. The fourth-order valence-electron chi connectivity index (χ4n) is 9.08.